The Labute approximate surface area is 221 Å². The number of ketones is 1. The molecule has 9 heteroatoms. The summed E-state index contributed by atoms with van der Waals surface area (Å²) in [7, 11) is 0. The minimum absolute atomic E-state index is 0.0202. The Morgan fingerprint density at radius 2 is 1.22 bits per heavy atom. The van der Waals surface area contributed by atoms with Gasteiger partial charge in [-0.15, -0.1) is 0 Å². The van der Waals surface area contributed by atoms with Gasteiger partial charge in [0, 0.05) is 11.1 Å². The lowest BCUT2D eigenvalue weighted by atomic mass is 10.1. The first-order chi connectivity index (χ1) is 17.8. The minimum atomic E-state index is -0.472. The van der Waals surface area contributed by atoms with E-state index < -0.39 is 5.60 Å². The molecule has 0 aliphatic heterocycles. The zero-order valence-corrected chi connectivity index (χ0v) is 22.7. The molecule has 0 saturated carbocycles. The van der Waals surface area contributed by atoms with E-state index in [0.29, 0.717) is 84.8 Å². The molecule has 1 aromatic carbocycles. The minimum Gasteiger partial charge on any atom is -0.460 e. The van der Waals surface area contributed by atoms with Gasteiger partial charge in [0.05, 0.1) is 79.1 Å². The predicted octanol–water partition coefficient (Wildman–Crippen LogP) is 3.07. The van der Waals surface area contributed by atoms with E-state index in [-0.39, 0.29) is 18.2 Å². The van der Waals surface area contributed by atoms with Gasteiger partial charge in [-0.25, -0.2) is 0 Å². The predicted molar refractivity (Wildman–Crippen MR) is 139 cm³/mol. The van der Waals surface area contributed by atoms with Crippen LogP contribution in [0, 0.1) is 11.8 Å². The van der Waals surface area contributed by atoms with Gasteiger partial charge in [-0.2, -0.15) is 0 Å². The molecule has 0 radical (unpaired) electrons. The molecule has 0 saturated heterocycles. The molecule has 0 aliphatic rings. The van der Waals surface area contributed by atoms with Crippen molar-refractivity contribution in [2.75, 3.05) is 79.3 Å². The van der Waals surface area contributed by atoms with E-state index >= 15 is 0 Å². The lowest BCUT2D eigenvalue weighted by Crippen LogP contribution is -2.24. The third-order valence-corrected chi connectivity index (χ3v) is 4.41. The van der Waals surface area contributed by atoms with Crippen molar-refractivity contribution in [3.8, 4) is 11.8 Å². The summed E-state index contributed by atoms with van der Waals surface area (Å²) in [5, 5.41) is 0. The molecule has 208 valence electrons. The summed E-state index contributed by atoms with van der Waals surface area (Å²) in [5.41, 5.74) is 0.968. The maximum absolute atomic E-state index is 11.5. The standard InChI is InChI=1S/C28H42O9/c1-24(29)26-9-5-7-25(23-26)8-6-11-31-13-15-33-17-19-35-21-22-36-20-18-34-16-14-32-12-10-27(30)37-28(2,3)4/h5,7,9,23H,10-22H2,1-4H3. The third-order valence-electron chi connectivity index (χ3n) is 4.41. The van der Waals surface area contributed by atoms with Gasteiger partial charge >= 0.3 is 5.97 Å². The number of hydrogen-bond donors (Lipinski definition) is 0. The molecule has 0 atom stereocenters. The number of benzene rings is 1. The monoisotopic (exact) mass is 522 g/mol. The fraction of sp³-hybridized carbons (Fsp3) is 0.643. The van der Waals surface area contributed by atoms with E-state index in [1.807, 2.05) is 32.9 Å². The van der Waals surface area contributed by atoms with Crippen molar-refractivity contribution in [1.82, 2.24) is 0 Å². The molecule has 37 heavy (non-hydrogen) atoms. The van der Waals surface area contributed by atoms with Crippen LogP contribution in [0.1, 0.15) is 50.0 Å². The topological polar surface area (TPSA) is 98.8 Å². The molecule has 0 bridgehead atoms. The zero-order chi connectivity index (χ0) is 27.2. The number of hydrogen-bond acceptors (Lipinski definition) is 9. The smallest absolute Gasteiger partial charge is 0.308 e. The Hall–Kier alpha value is -2.32. The molecular weight excluding hydrogens is 480 g/mol. The molecule has 1 aromatic rings. The zero-order valence-electron chi connectivity index (χ0n) is 22.7. The van der Waals surface area contributed by atoms with Gasteiger partial charge in [-0.05, 0) is 39.8 Å². The molecule has 1 rings (SSSR count). The summed E-state index contributed by atoms with van der Waals surface area (Å²) in [5.74, 6) is 5.66. The van der Waals surface area contributed by atoms with E-state index in [0.717, 1.165) is 5.56 Å². The van der Waals surface area contributed by atoms with Crippen LogP contribution < -0.4 is 0 Å². The third kappa shape index (κ3) is 20.4. The fourth-order valence-corrected chi connectivity index (χ4v) is 2.72. The average Bonchev–Trinajstić information content (AvgIpc) is 2.84. The number of esters is 1. The summed E-state index contributed by atoms with van der Waals surface area (Å²) < 4.78 is 37.7. The summed E-state index contributed by atoms with van der Waals surface area (Å²) in [6.45, 7) is 12.3. The van der Waals surface area contributed by atoms with Crippen molar-refractivity contribution in [1.29, 1.82) is 0 Å². The van der Waals surface area contributed by atoms with E-state index in [1.54, 1.807) is 12.1 Å². The van der Waals surface area contributed by atoms with Crippen LogP contribution in [0.25, 0.3) is 0 Å². The molecule has 0 unspecified atom stereocenters. The summed E-state index contributed by atoms with van der Waals surface area (Å²) in [6, 6.07) is 7.22. The van der Waals surface area contributed by atoms with Gasteiger partial charge in [0.25, 0.3) is 0 Å². The number of carbonyl (C=O) groups is 2. The Morgan fingerprint density at radius 1 is 0.730 bits per heavy atom. The quantitative estimate of drug-likeness (QED) is 0.111. The summed E-state index contributed by atoms with van der Waals surface area (Å²) >= 11 is 0. The normalized spacial score (nSPS) is 11.1. The maximum atomic E-state index is 11.5. The highest BCUT2D eigenvalue weighted by Gasteiger charge is 2.15. The molecule has 0 aromatic heterocycles. The van der Waals surface area contributed by atoms with Crippen LogP contribution in [0.4, 0.5) is 0 Å². The van der Waals surface area contributed by atoms with Gasteiger partial charge in [-0.3, -0.25) is 9.59 Å². The van der Waals surface area contributed by atoms with Gasteiger partial charge in [0.2, 0.25) is 0 Å². The molecule has 0 fully saturated rings. The molecule has 9 nitrogen and oxygen atoms in total. The number of ether oxygens (including phenoxy) is 7. The van der Waals surface area contributed by atoms with Crippen molar-refractivity contribution >= 4 is 11.8 Å². The number of Topliss-reactive ketones (excluding diaryl/α,β-unsaturated/α-hetero) is 1. The van der Waals surface area contributed by atoms with Crippen molar-refractivity contribution < 1.29 is 42.7 Å². The van der Waals surface area contributed by atoms with E-state index in [2.05, 4.69) is 11.8 Å². The van der Waals surface area contributed by atoms with E-state index in [4.69, 9.17) is 33.2 Å². The largest absolute Gasteiger partial charge is 0.460 e. The molecule has 0 heterocycles. The van der Waals surface area contributed by atoms with Crippen LogP contribution >= 0.6 is 0 Å². The lowest BCUT2D eigenvalue weighted by Gasteiger charge is -2.19. The SMILES string of the molecule is CC(=O)c1cccc(C#CCOCCOCCOCCOCCOCCOCCC(=O)OC(C)(C)C)c1. The van der Waals surface area contributed by atoms with Crippen LogP contribution in [-0.2, 0) is 38.0 Å². The Kier molecular flexibility index (Phi) is 18.3. The van der Waals surface area contributed by atoms with Crippen molar-refractivity contribution in [3.05, 3.63) is 35.4 Å². The van der Waals surface area contributed by atoms with Crippen LogP contribution in [0.5, 0.6) is 0 Å². The van der Waals surface area contributed by atoms with Gasteiger partial charge in [-0.1, -0.05) is 24.0 Å². The first-order valence-electron chi connectivity index (χ1n) is 12.6. The highest BCUT2D eigenvalue weighted by molar-refractivity contribution is 5.94. The second-order valence-corrected chi connectivity index (χ2v) is 8.89. The highest BCUT2D eigenvalue weighted by Crippen LogP contribution is 2.08. The molecule has 0 spiro atoms. The molecular formula is C28H42O9. The first-order valence-corrected chi connectivity index (χ1v) is 12.6. The van der Waals surface area contributed by atoms with Gasteiger partial charge < -0.3 is 33.2 Å². The number of rotatable bonds is 20. The van der Waals surface area contributed by atoms with Crippen molar-refractivity contribution in [2.24, 2.45) is 0 Å². The summed E-state index contributed by atoms with van der Waals surface area (Å²) in [6.07, 6.45) is 0.231. The van der Waals surface area contributed by atoms with Crippen LogP contribution in [-0.4, -0.2) is 96.6 Å². The van der Waals surface area contributed by atoms with Crippen LogP contribution in [0.15, 0.2) is 24.3 Å². The summed E-state index contributed by atoms with van der Waals surface area (Å²) in [4.78, 5) is 22.9. The van der Waals surface area contributed by atoms with E-state index in [9.17, 15) is 9.59 Å². The Morgan fingerprint density at radius 3 is 1.70 bits per heavy atom. The van der Waals surface area contributed by atoms with E-state index in [1.165, 1.54) is 6.92 Å². The van der Waals surface area contributed by atoms with Crippen LogP contribution in [0.3, 0.4) is 0 Å². The Balaban J connectivity index is 1.80. The lowest BCUT2D eigenvalue weighted by molar-refractivity contribution is -0.156. The molecule has 0 amide bonds. The second kappa shape index (κ2) is 20.7. The number of carbonyl (C=O) groups excluding carboxylic acids is 2. The van der Waals surface area contributed by atoms with Gasteiger partial charge in [0.15, 0.2) is 5.78 Å². The Bertz CT molecular complexity index is 821. The average molecular weight is 523 g/mol. The van der Waals surface area contributed by atoms with Crippen LogP contribution in [0.2, 0.25) is 0 Å². The molecule has 0 aliphatic carbocycles. The van der Waals surface area contributed by atoms with Crippen molar-refractivity contribution in [3.63, 3.8) is 0 Å². The van der Waals surface area contributed by atoms with Crippen molar-refractivity contribution in [2.45, 2.75) is 39.7 Å². The second-order valence-electron chi connectivity index (χ2n) is 8.89. The first kappa shape index (κ1) is 32.7. The highest BCUT2D eigenvalue weighted by atomic mass is 16.6. The fourth-order valence-electron chi connectivity index (χ4n) is 2.72. The molecule has 0 N–H and O–H groups in total. The maximum Gasteiger partial charge on any atom is 0.308 e. The van der Waals surface area contributed by atoms with Gasteiger partial charge in [0.1, 0.15) is 12.2 Å².